The molecular weight excluding hydrogens is 332 g/mol. The number of ether oxygens (including phenoxy) is 1. The zero-order valence-electron chi connectivity index (χ0n) is 16.0. The summed E-state index contributed by atoms with van der Waals surface area (Å²) in [7, 11) is 0. The number of aromatic nitrogens is 4. The third-order valence-corrected chi connectivity index (χ3v) is 4.51. The molecule has 26 heavy (non-hydrogen) atoms. The van der Waals surface area contributed by atoms with Crippen molar-refractivity contribution in [3.63, 3.8) is 0 Å². The Morgan fingerprint density at radius 2 is 2.08 bits per heavy atom. The Morgan fingerprint density at radius 1 is 1.35 bits per heavy atom. The second kappa shape index (κ2) is 7.47. The van der Waals surface area contributed by atoms with Crippen molar-refractivity contribution in [3.05, 3.63) is 18.5 Å². The topological polar surface area (TPSA) is 84.6 Å². The zero-order chi connectivity index (χ0) is 18.7. The summed E-state index contributed by atoms with van der Waals surface area (Å²) in [6.07, 6.45) is 4.45. The van der Waals surface area contributed by atoms with Crippen molar-refractivity contribution in [1.82, 2.24) is 24.7 Å². The van der Waals surface area contributed by atoms with Gasteiger partial charge >= 0.3 is 6.09 Å². The SMILES string of the molecule is CC(CC1CCN(C(=O)OC(C)(C)C)CC1)Nc1ccc2nncn2n1. The molecule has 1 aliphatic heterocycles. The van der Waals surface area contributed by atoms with Crippen molar-refractivity contribution in [2.45, 2.75) is 58.6 Å². The van der Waals surface area contributed by atoms with Crippen molar-refractivity contribution in [1.29, 1.82) is 0 Å². The number of carbonyl (C=O) groups is 1. The fourth-order valence-electron chi connectivity index (χ4n) is 3.29. The lowest BCUT2D eigenvalue weighted by atomic mass is 9.91. The van der Waals surface area contributed by atoms with Gasteiger partial charge in [0.25, 0.3) is 0 Å². The van der Waals surface area contributed by atoms with Crippen molar-refractivity contribution < 1.29 is 9.53 Å². The number of piperidine rings is 1. The molecule has 0 bridgehead atoms. The predicted octanol–water partition coefficient (Wildman–Crippen LogP) is 2.96. The molecule has 0 aromatic carbocycles. The van der Waals surface area contributed by atoms with Gasteiger partial charge in [0.1, 0.15) is 17.7 Å². The molecule has 0 saturated carbocycles. The summed E-state index contributed by atoms with van der Waals surface area (Å²) >= 11 is 0. The van der Waals surface area contributed by atoms with Crippen LogP contribution in [0.1, 0.15) is 47.0 Å². The molecule has 1 amide bonds. The summed E-state index contributed by atoms with van der Waals surface area (Å²) in [5.41, 5.74) is 0.295. The monoisotopic (exact) mass is 360 g/mol. The van der Waals surface area contributed by atoms with Crippen LogP contribution in [0.3, 0.4) is 0 Å². The average Bonchev–Trinajstić information content (AvgIpc) is 3.01. The van der Waals surface area contributed by atoms with Gasteiger partial charge in [0.15, 0.2) is 5.65 Å². The van der Waals surface area contributed by atoms with Gasteiger partial charge in [-0.15, -0.1) is 15.3 Å². The summed E-state index contributed by atoms with van der Waals surface area (Å²) in [4.78, 5) is 14.0. The minimum absolute atomic E-state index is 0.200. The molecule has 0 spiro atoms. The Labute approximate surface area is 153 Å². The molecule has 1 saturated heterocycles. The van der Waals surface area contributed by atoms with Crippen molar-refractivity contribution in [3.8, 4) is 0 Å². The molecule has 1 aliphatic rings. The first-order valence-corrected chi connectivity index (χ1v) is 9.22. The number of hydrogen-bond acceptors (Lipinski definition) is 6. The molecule has 8 nitrogen and oxygen atoms in total. The molecule has 142 valence electrons. The lowest BCUT2D eigenvalue weighted by molar-refractivity contribution is 0.0180. The van der Waals surface area contributed by atoms with Crippen LogP contribution in [0.25, 0.3) is 5.65 Å². The van der Waals surface area contributed by atoms with Crippen LogP contribution in [0.2, 0.25) is 0 Å². The number of anilines is 1. The van der Waals surface area contributed by atoms with Gasteiger partial charge in [0.05, 0.1) is 0 Å². The quantitative estimate of drug-likeness (QED) is 0.902. The number of amides is 1. The first kappa shape index (κ1) is 18.4. The van der Waals surface area contributed by atoms with E-state index in [-0.39, 0.29) is 6.09 Å². The van der Waals surface area contributed by atoms with Gasteiger partial charge in [-0.05, 0) is 65.0 Å². The summed E-state index contributed by atoms with van der Waals surface area (Å²) in [5, 5.41) is 15.7. The number of nitrogens with zero attached hydrogens (tertiary/aromatic N) is 5. The van der Waals surface area contributed by atoms with Crippen LogP contribution in [-0.4, -0.2) is 55.5 Å². The highest BCUT2D eigenvalue weighted by Gasteiger charge is 2.27. The first-order chi connectivity index (χ1) is 12.3. The van der Waals surface area contributed by atoms with Gasteiger partial charge in [0, 0.05) is 19.1 Å². The van der Waals surface area contributed by atoms with E-state index in [0.29, 0.717) is 12.0 Å². The molecule has 1 N–H and O–H groups in total. The normalized spacial score (nSPS) is 17.3. The molecule has 3 rings (SSSR count). The van der Waals surface area contributed by atoms with E-state index in [1.165, 1.54) is 0 Å². The maximum Gasteiger partial charge on any atom is 0.410 e. The third kappa shape index (κ3) is 4.83. The maximum absolute atomic E-state index is 12.1. The summed E-state index contributed by atoms with van der Waals surface area (Å²) < 4.78 is 7.12. The van der Waals surface area contributed by atoms with Crippen LogP contribution >= 0.6 is 0 Å². The molecule has 2 aromatic heterocycles. The van der Waals surface area contributed by atoms with Crippen LogP contribution in [-0.2, 0) is 4.74 Å². The molecule has 3 heterocycles. The number of rotatable bonds is 4. The van der Waals surface area contributed by atoms with E-state index in [9.17, 15) is 4.79 Å². The molecule has 0 aliphatic carbocycles. The average molecular weight is 360 g/mol. The fourth-order valence-corrected chi connectivity index (χ4v) is 3.29. The highest BCUT2D eigenvalue weighted by atomic mass is 16.6. The summed E-state index contributed by atoms with van der Waals surface area (Å²) in [6, 6.07) is 4.12. The van der Waals surface area contributed by atoms with Crippen LogP contribution in [0, 0.1) is 5.92 Å². The Hall–Kier alpha value is -2.38. The van der Waals surface area contributed by atoms with E-state index in [0.717, 1.165) is 43.8 Å². The maximum atomic E-state index is 12.1. The Morgan fingerprint density at radius 3 is 2.77 bits per heavy atom. The Kier molecular flexibility index (Phi) is 5.29. The van der Waals surface area contributed by atoms with E-state index in [2.05, 4.69) is 27.5 Å². The minimum atomic E-state index is -0.439. The highest BCUT2D eigenvalue weighted by Crippen LogP contribution is 2.24. The van der Waals surface area contributed by atoms with Crippen LogP contribution in [0.4, 0.5) is 10.6 Å². The van der Waals surface area contributed by atoms with Gasteiger partial charge in [-0.2, -0.15) is 4.52 Å². The van der Waals surface area contributed by atoms with E-state index in [1.807, 2.05) is 37.8 Å². The standard InChI is InChI=1S/C18H28N6O2/c1-13(20-15-5-6-16-21-19-12-24(16)22-15)11-14-7-9-23(10-8-14)17(25)26-18(2,3)4/h5-6,12-14H,7-11H2,1-4H3,(H,20,22). The van der Waals surface area contributed by atoms with Gasteiger partial charge in [0.2, 0.25) is 0 Å². The molecule has 8 heteroatoms. The molecule has 2 aromatic rings. The third-order valence-electron chi connectivity index (χ3n) is 4.51. The van der Waals surface area contributed by atoms with E-state index in [1.54, 1.807) is 10.8 Å². The second-order valence-corrected chi connectivity index (χ2v) is 8.04. The van der Waals surface area contributed by atoms with Gasteiger partial charge in [-0.3, -0.25) is 0 Å². The van der Waals surface area contributed by atoms with E-state index >= 15 is 0 Å². The summed E-state index contributed by atoms with van der Waals surface area (Å²) in [5.74, 6) is 1.41. The molecule has 1 fully saturated rings. The van der Waals surface area contributed by atoms with Crippen LogP contribution in [0.5, 0.6) is 0 Å². The number of hydrogen-bond donors (Lipinski definition) is 1. The smallest absolute Gasteiger partial charge is 0.410 e. The molecular formula is C18H28N6O2. The van der Waals surface area contributed by atoms with Gasteiger partial charge in [-0.25, -0.2) is 4.79 Å². The summed E-state index contributed by atoms with van der Waals surface area (Å²) in [6.45, 7) is 9.38. The van der Waals surface area contributed by atoms with Crippen molar-refractivity contribution in [2.24, 2.45) is 5.92 Å². The predicted molar refractivity (Wildman–Crippen MR) is 99.0 cm³/mol. The van der Waals surface area contributed by atoms with E-state index < -0.39 is 5.60 Å². The molecule has 1 atom stereocenters. The second-order valence-electron chi connectivity index (χ2n) is 8.04. The zero-order valence-corrected chi connectivity index (χ0v) is 16.0. The van der Waals surface area contributed by atoms with E-state index in [4.69, 9.17) is 4.74 Å². The Balaban J connectivity index is 1.45. The molecule has 0 radical (unpaired) electrons. The number of likely N-dealkylation sites (tertiary alicyclic amines) is 1. The lowest BCUT2D eigenvalue weighted by Crippen LogP contribution is -2.42. The number of fused-ring (bicyclic) bond motifs is 1. The molecule has 1 unspecified atom stereocenters. The largest absolute Gasteiger partial charge is 0.444 e. The highest BCUT2D eigenvalue weighted by molar-refractivity contribution is 5.68. The van der Waals surface area contributed by atoms with Crippen molar-refractivity contribution >= 4 is 17.6 Å². The van der Waals surface area contributed by atoms with Crippen LogP contribution in [0.15, 0.2) is 18.5 Å². The number of carbonyl (C=O) groups excluding carboxylic acids is 1. The first-order valence-electron chi connectivity index (χ1n) is 9.22. The Bertz CT molecular complexity index is 745. The lowest BCUT2D eigenvalue weighted by Gasteiger charge is -2.34. The number of nitrogens with one attached hydrogen (secondary N) is 1. The fraction of sp³-hybridized carbons (Fsp3) is 0.667. The van der Waals surface area contributed by atoms with Crippen molar-refractivity contribution in [2.75, 3.05) is 18.4 Å². The van der Waals surface area contributed by atoms with Crippen LogP contribution < -0.4 is 5.32 Å². The van der Waals surface area contributed by atoms with Gasteiger partial charge < -0.3 is 15.0 Å². The van der Waals surface area contributed by atoms with Gasteiger partial charge in [-0.1, -0.05) is 0 Å². The minimum Gasteiger partial charge on any atom is -0.444 e.